The van der Waals surface area contributed by atoms with Crippen LogP contribution in [0.5, 0.6) is 0 Å². The first-order valence-corrected chi connectivity index (χ1v) is 5.84. The van der Waals surface area contributed by atoms with Crippen molar-refractivity contribution in [3.05, 3.63) is 45.9 Å². The van der Waals surface area contributed by atoms with Gasteiger partial charge in [-0.05, 0) is 28.1 Å². The Morgan fingerprint density at radius 1 is 1.33 bits per heavy atom. The van der Waals surface area contributed by atoms with E-state index in [1.807, 2.05) is 18.2 Å². The van der Waals surface area contributed by atoms with Gasteiger partial charge in [0.25, 0.3) is 5.91 Å². The van der Waals surface area contributed by atoms with E-state index in [0.717, 1.165) is 3.79 Å². The van der Waals surface area contributed by atoms with Crippen molar-refractivity contribution in [2.24, 2.45) is 0 Å². The Balaban J connectivity index is 2.11. The second kappa shape index (κ2) is 4.55. The summed E-state index contributed by atoms with van der Waals surface area (Å²) in [6.07, 6.45) is 1.66. The topological polar surface area (TPSA) is 42.0 Å². The molecule has 5 heteroatoms. The molecule has 1 aromatic carbocycles. The summed E-state index contributed by atoms with van der Waals surface area (Å²) in [6.45, 7) is 0. The van der Waals surface area contributed by atoms with E-state index >= 15 is 0 Å². The number of carbonyl (C=O) groups is 1. The van der Waals surface area contributed by atoms with Crippen LogP contribution in [0.3, 0.4) is 0 Å². The Labute approximate surface area is 99.3 Å². The van der Waals surface area contributed by atoms with Crippen molar-refractivity contribution in [1.82, 2.24) is 4.98 Å². The molecule has 0 saturated heterocycles. The molecule has 0 atom stereocenters. The van der Waals surface area contributed by atoms with Gasteiger partial charge in [0.15, 0.2) is 5.13 Å². The quantitative estimate of drug-likeness (QED) is 0.919. The average Bonchev–Trinajstić information content (AvgIpc) is 2.65. The molecule has 0 fully saturated rings. The maximum absolute atomic E-state index is 11.7. The van der Waals surface area contributed by atoms with Crippen molar-refractivity contribution < 1.29 is 4.79 Å². The normalized spacial score (nSPS) is 9.93. The molecule has 1 heterocycles. The highest BCUT2D eigenvalue weighted by atomic mass is 79.9. The van der Waals surface area contributed by atoms with Gasteiger partial charge in [0, 0.05) is 5.56 Å². The van der Waals surface area contributed by atoms with Gasteiger partial charge in [0.1, 0.15) is 0 Å². The molecule has 0 aliphatic heterocycles. The fourth-order valence-corrected chi connectivity index (χ4v) is 2.17. The summed E-state index contributed by atoms with van der Waals surface area (Å²) < 4.78 is 0.894. The first kappa shape index (κ1) is 10.3. The van der Waals surface area contributed by atoms with Crippen LogP contribution in [0.1, 0.15) is 10.4 Å². The summed E-state index contributed by atoms with van der Waals surface area (Å²) in [5.74, 6) is -0.141. The first-order chi connectivity index (χ1) is 7.25. The zero-order chi connectivity index (χ0) is 10.7. The monoisotopic (exact) mass is 282 g/mol. The third-order valence-corrected chi connectivity index (χ3v) is 3.13. The Kier molecular flexibility index (Phi) is 3.13. The maximum atomic E-state index is 11.7. The van der Waals surface area contributed by atoms with E-state index in [-0.39, 0.29) is 5.91 Å². The van der Waals surface area contributed by atoms with Crippen LogP contribution in [0.2, 0.25) is 0 Å². The summed E-state index contributed by atoms with van der Waals surface area (Å²) in [5.41, 5.74) is 0.629. The zero-order valence-electron chi connectivity index (χ0n) is 7.61. The van der Waals surface area contributed by atoms with Crippen molar-refractivity contribution in [3.63, 3.8) is 0 Å². The molecular weight excluding hydrogens is 276 g/mol. The van der Waals surface area contributed by atoms with Crippen LogP contribution in [0.25, 0.3) is 0 Å². The van der Waals surface area contributed by atoms with Crippen LogP contribution in [0.4, 0.5) is 5.13 Å². The molecule has 0 radical (unpaired) electrons. The van der Waals surface area contributed by atoms with Gasteiger partial charge >= 0.3 is 0 Å². The van der Waals surface area contributed by atoms with E-state index < -0.39 is 0 Å². The highest BCUT2D eigenvalue weighted by Crippen LogP contribution is 2.23. The number of aromatic nitrogens is 1. The molecule has 3 nitrogen and oxygen atoms in total. The number of rotatable bonds is 2. The minimum Gasteiger partial charge on any atom is -0.298 e. The third-order valence-electron chi connectivity index (χ3n) is 1.73. The number of halogens is 1. The van der Waals surface area contributed by atoms with Crippen molar-refractivity contribution in [1.29, 1.82) is 0 Å². The van der Waals surface area contributed by atoms with Gasteiger partial charge in [-0.2, -0.15) is 0 Å². The van der Waals surface area contributed by atoms with Crippen LogP contribution >= 0.6 is 27.3 Å². The number of thiazole rings is 1. The van der Waals surface area contributed by atoms with Crippen molar-refractivity contribution >= 4 is 38.3 Å². The summed E-state index contributed by atoms with van der Waals surface area (Å²) in [5, 5.41) is 3.31. The van der Waals surface area contributed by atoms with Crippen molar-refractivity contribution in [2.45, 2.75) is 0 Å². The summed E-state index contributed by atoms with van der Waals surface area (Å²) >= 11 is 4.67. The smallest absolute Gasteiger partial charge is 0.257 e. The molecule has 0 spiro atoms. The number of anilines is 1. The molecule has 1 N–H and O–H groups in total. The van der Waals surface area contributed by atoms with Crippen LogP contribution in [0.15, 0.2) is 40.3 Å². The van der Waals surface area contributed by atoms with Gasteiger partial charge in [0.2, 0.25) is 0 Å². The predicted octanol–water partition coefficient (Wildman–Crippen LogP) is 3.16. The van der Waals surface area contributed by atoms with Gasteiger partial charge in [-0.1, -0.05) is 29.5 Å². The molecule has 0 aliphatic rings. The summed E-state index contributed by atoms with van der Waals surface area (Å²) in [7, 11) is 0. The minimum atomic E-state index is -0.141. The van der Waals surface area contributed by atoms with Crippen molar-refractivity contribution in [2.75, 3.05) is 5.32 Å². The van der Waals surface area contributed by atoms with Crippen LogP contribution in [0, 0.1) is 0 Å². The van der Waals surface area contributed by atoms with E-state index in [0.29, 0.717) is 10.7 Å². The second-order valence-corrected chi connectivity index (χ2v) is 5.20. The lowest BCUT2D eigenvalue weighted by molar-refractivity contribution is 0.102. The molecular formula is C10H7BrN2OS. The van der Waals surface area contributed by atoms with E-state index in [2.05, 4.69) is 26.2 Å². The molecule has 2 aromatic rings. The first-order valence-electron chi connectivity index (χ1n) is 4.23. The molecule has 0 aliphatic carbocycles. The predicted molar refractivity (Wildman–Crippen MR) is 64.2 cm³/mol. The fourth-order valence-electron chi connectivity index (χ4n) is 1.07. The van der Waals surface area contributed by atoms with Gasteiger partial charge < -0.3 is 0 Å². The lowest BCUT2D eigenvalue weighted by Gasteiger charge is -2.00. The van der Waals surface area contributed by atoms with Crippen LogP contribution in [-0.4, -0.2) is 10.9 Å². The van der Waals surface area contributed by atoms with Gasteiger partial charge in [0.05, 0.1) is 9.98 Å². The van der Waals surface area contributed by atoms with E-state index in [4.69, 9.17) is 0 Å². The Bertz CT molecular complexity index is 469. The standard InChI is InChI=1S/C10H7BrN2OS/c11-8-6-12-10(15-8)13-9(14)7-4-2-1-3-5-7/h1-6H,(H,12,13,14). The number of amides is 1. The van der Waals surface area contributed by atoms with E-state index in [9.17, 15) is 4.79 Å². The molecule has 1 amide bonds. The number of carbonyl (C=O) groups excluding carboxylic acids is 1. The summed E-state index contributed by atoms with van der Waals surface area (Å²) in [6, 6.07) is 9.05. The summed E-state index contributed by atoms with van der Waals surface area (Å²) in [4.78, 5) is 15.7. The number of nitrogens with one attached hydrogen (secondary N) is 1. The molecule has 0 saturated carbocycles. The SMILES string of the molecule is O=C(Nc1ncc(Br)s1)c1ccccc1. The number of benzene rings is 1. The maximum Gasteiger partial charge on any atom is 0.257 e. The molecule has 0 bridgehead atoms. The highest BCUT2D eigenvalue weighted by Gasteiger charge is 2.07. The minimum absolute atomic E-state index is 0.141. The van der Waals surface area contributed by atoms with E-state index in [1.165, 1.54) is 11.3 Å². The lowest BCUT2D eigenvalue weighted by atomic mass is 10.2. The molecule has 76 valence electrons. The Hall–Kier alpha value is -1.20. The Morgan fingerprint density at radius 2 is 2.07 bits per heavy atom. The zero-order valence-corrected chi connectivity index (χ0v) is 10.0. The highest BCUT2D eigenvalue weighted by molar-refractivity contribution is 9.11. The number of hydrogen-bond acceptors (Lipinski definition) is 3. The average molecular weight is 283 g/mol. The molecule has 15 heavy (non-hydrogen) atoms. The number of nitrogens with zero attached hydrogens (tertiary/aromatic N) is 1. The van der Waals surface area contributed by atoms with Gasteiger partial charge in [-0.3, -0.25) is 10.1 Å². The third kappa shape index (κ3) is 2.64. The second-order valence-electron chi connectivity index (χ2n) is 2.79. The Morgan fingerprint density at radius 3 is 2.67 bits per heavy atom. The van der Waals surface area contributed by atoms with E-state index in [1.54, 1.807) is 18.3 Å². The molecule has 2 rings (SSSR count). The fraction of sp³-hybridized carbons (Fsp3) is 0. The largest absolute Gasteiger partial charge is 0.298 e. The van der Waals surface area contributed by atoms with Crippen LogP contribution in [-0.2, 0) is 0 Å². The molecule has 0 unspecified atom stereocenters. The van der Waals surface area contributed by atoms with Crippen LogP contribution < -0.4 is 5.32 Å². The van der Waals surface area contributed by atoms with Crippen molar-refractivity contribution in [3.8, 4) is 0 Å². The lowest BCUT2D eigenvalue weighted by Crippen LogP contribution is -2.11. The molecule has 1 aromatic heterocycles. The van der Waals surface area contributed by atoms with Gasteiger partial charge in [-0.25, -0.2) is 4.98 Å². The van der Waals surface area contributed by atoms with Gasteiger partial charge in [-0.15, -0.1) is 0 Å². The number of hydrogen-bond donors (Lipinski definition) is 1.